The first-order valence-electron chi connectivity index (χ1n) is 4.91. The molecule has 0 aliphatic heterocycles. The number of nitrogens with one attached hydrogen (secondary N) is 2. The molecule has 1 atom stereocenters. The summed E-state index contributed by atoms with van der Waals surface area (Å²) < 4.78 is 5.42. The number of rotatable bonds is 3. The minimum Gasteiger partial charge on any atom is -0.418 e. The van der Waals surface area contributed by atoms with Gasteiger partial charge in [-0.2, -0.15) is 0 Å². The molecule has 0 saturated heterocycles. The van der Waals surface area contributed by atoms with E-state index >= 15 is 0 Å². The van der Waals surface area contributed by atoms with Gasteiger partial charge in [-0.25, -0.2) is 0 Å². The highest BCUT2D eigenvalue weighted by molar-refractivity contribution is 5.44. The summed E-state index contributed by atoms with van der Waals surface area (Å²) in [5, 5.41) is 10.8. The summed E-state index contributed by atoms with van der Waals surface area (Å²) in [5.41, 5.74) is 0.327. The highest BCUT2D eigenvalue weighted by Crippen LogP contribution is 2.16. The molecule has 16 heavy (non-hydrogen) atoms. The largest absolute Gasteiger partial charge is 0.418 e. The molecule has 0 bridgehead atoms. The predicted molar refractivity (Wildman–Crippen MR) is 57.8 cm³/mol. The lowest BCUT2D eigenvalue weighted by Gasteiger charge is -2.02. The summed E-state index contributed by atoms with van der Waals surface area (Å²) in [4.78, 5) is 13.7. The highest BCUT2D eigenvalue weighted by Gasteiger charge is 2.13. The van der Waals surface area contributed by atoms with E-state index in [-0.39, 0.29) is 11.6 Å². The summed E-state index contributed by atoms with van der Waals surface area (Å²) in [6.45, 7) is 1.91. The van der Waals surface area contributed by atoms with E-state index in [0.29, 0.717) is 17.5 Å². The van der Waals surface area contributed by atoms with E-state index < -0.39 is 0 Å². The second-order valence-electron chi connectivity index (χ2n) is 3.38. The van der Waals surface area contributed by atoms with Crippen molar-refractivity contribution in [3.8, 4) is 11.6 Å². The van der Waals surface area contributed by atoms with Crippen LogP contribution in [0.4, 0.5) is 0 Å². The molecule has 0 spiro atoms. The summed E-state index contributed by atoms with van der Waals surface area (Å²) in [5.74, 6) is 0.803. The van der Waals surface area contributed by atoms with Gasteiger partial charge in [0.2, 0.25) is 11.4 Å². The van der Waals surface area contributed by atoms with Gasteiger partial charge in [0.25, 0.3) is 5.89 Å². The molecule has 84 valence electrons. The second-order valence-corrected chi connectivity index (χ2v) is 3.38. The first-order chi connectivity index (χ1) is 7.70. The molecule has 2 N–H and O–H groups in total. The Bertz CT molecular complexity index is 531. The Morgan fingerprint density at radius 2 is 2.25 bits per heavy atom. The SMILES string of the molecule is CNC(C)c1nnc(-c2cccc(=O)[nH]2)o1. The molecule has 0 saturated carbocycles. The lowest BCUT2D eigenvalue weighted by Crippen LogP contribution is -2.12. The first-order valence-corrected chi connectivity index (χ1v) is 4.91. The fraction of sp³-hybridized carbons (Fsp3) is 0.300. The van der Waals surface area contributed by atoms with Crippen molar-refractivity contribution >= 4 is 0 Å². The number of aromatic amines is 1. The highest BCUT2D eigenvalue weighted by atomic mass is 16.4. The zero-order chi connectivity index (χ0) is 11.5. The number of hydrogen-bond acceptors (Lipinski definition) is 5. The van der Waals surface area contributed by atoms with Crippen molar-refractivity contribution in [2.24, 2.45) is 0 Å². The van der Waals surface area contributed by atoms with Gasteiger partial charge < -0.3 is 14.7 Å². The number of H-pyrrole nitrogens is 1. The van der Waals surface area contributed by atoms with Gasteiger partial charge in [-0.15, -0.1) is 10.2 Å². The zero-order valence-corrected chi connectivity index (χ0v) is 9.02. The summed E-state index contributed by atoms with van der Waals surface area (Å²) in [6.07, 6.45) is 0. The molecule has 2 aromatic heterocycles. The van der Waals surface area contributed by atoms with Crippen LogP contribution in [-0.2, 0) is 0 Å². The number of nitrogens with zero attached hydrogens (tertiary/aromatic N) is 2. The molecule has 1 unspecified atom stereocenters. The smallest absolute Gasteiger partial charge is 0.264 e. The third-order valence-electron chi connectivity index (χ3n) is 2.24. The van der Waals surface area contributed by atoms with Crippen LogP contribution in [0.2, 0.25) is 0 Å². The quantitative estimate of drug-likeness (QED) is 0.795. The van der Waals surface area contributed by atoms with Crippen molar-refractivity contribution in [1.29, 1.82) is 0 Å². The standard InChI is InChI=1S/C10H12N4O2/c1-6(11-2)9-13-14-10(16-9)7-4-3-5-8(15)12-7/h3-6,11H,1-2H3,(H,12,15). The van der Waals surface area contributed by atoms with E-state index in [4.69, 9.17) is 4.42 Å². The third-order valence-corrected chi connectivity index (χ3v) is 2.24. The van der Waals surface area contributed by atoms with E-state index in [0.717, 1.165) is 0 Å². The molecule has 0 radical (unpaired) electrons. The van der Waals surface area contributed by atoms with Crippen LogP contribution in [0.5, 0.6) is 0 Å². The Morgan fingerprint density at radius 3 is 2.94 bits per heavy atom. The molecular formula is C10H12N4O2. The molecule has 2 heterocycles. The van der Waals surface area contributed by atoms with Gasteiger partial charge in [0, 0.05) is 6.07 Å². The van der Waals surface area contributed by atoms with E-state index in [1.54, 1.807) is 19.2 Å². The Labute approximate surface area is 91.7 Å². The maximum absolute atomic E-state index is 11.1. The Hall–Kier alpha value is -1.95. The van der Waals surface area contributed by atoms with Gasteiger partial charge in [0.15, 0.2) is 0 Å². The molecule has 0 amide bonds. The Morgan fingerprint density at radius 1 is 1.44 bits per heavy atom. The van der Waals surface area contributed by atoms with Crippen LogP contribution >= 0.6 is 0 Å². The van der Waals surface area contributed by atoms with Gasteiger partial charge in [-0.3, -0.25) is 4.79 Å². The van der Waals surface area contributed by atoms with E-state index in [2.05, 4.69) is 20.5 Å². The molecule has 2 aromatic rings. The van der Waals surface area contributed by atoms with E-state index in [9.17, 15) is 4.79 Å². The van der Waals surface area contributed by atoms with E-state index in [1.807, 2.05) is 6.92 Å². The molecular weight excluding hydrogens is 208 g/mol. The van der Waals surface area contributed by atoms with Gasteiger partial charge in [-0.05, 0) is 20.0 Å². The number of aromatic nitrogens is 3. The van der Waals surface area contributed by atoms with Crippen molar-refractivity contribution in [2.45, 2.75) is 13.0 Å². The van der Waals surface area contributed by atoms with Crippen LogP contribution in [0.25, 0.3) is 11.6 Å². The van der Waals surface area contributed by atoms with Crippen molar-refractivity contribution in [3.05, 3.63) is 34.4 Å². The monoisotopic (exact) mass is 220 g/mol. The minimum absolute atomic E-state index is 0.0170. The van der Waals surface area contributed by atoms with Crippen molar-refractivity contribution in [1.82, 2.24) is 20.5 Å². The van der Waals surface area contributed by atoms with Gasteiger partial charge in [0.05, 0.1) is 6.04 Å². The number of pyridine rings is 1. The fourth-order valence-electron chi connectivity index (χ4n) is 1.21. The average Bonchev–Trinajstić information content (AvgIpc) is 2.77. The Kier molecular flexibility index (Phi) is 2.82. The van der Waals surface area contributed by atoms with Crippen LogP contribution in [0.15, 0.2) is 27.4 Å². The molecule has 6 heteroatoms. The van der Waals surface area contributed by atoms with Gasteiger partial charge in [-0.1, -0.05) is 6.07 Å². The van der Waals surface area contributed by atoms with Crippen LogP contribution in [-0.4, -0.2) is 22.2 Å². The van der Waals surface area contributed by atoms with Crippen molar-refractivity contribution in [3.63, 3.8) is 0 Å². The minimum atomic E-state index is -0.195. The molecule has 0 aromatic carbocycles. The summed E-state index contributed by atoms with van der Waals surface area (Å²) >= 11 is 0. The first kappa shape index (κ1) is 10.6. The summed E-state index contributed by atoms with van der Waals surface area (Å²) in [7, 11) is 1.80. The number of hydrogen-bond donors (Lipinski definition) is 2. The normalized spacial score (nSPS) is 12.6. The van der Waals surface area contributed by atoms with Gasteiger partial charge >= 0.3 is 0 Å². The lowest BCUT2D eigenvalue weighted by atomic mass is 10.3. The topological polar surface area (TPSA) is 83.8 Å². The van der Waals surface area contributed by atoms with Crippen LogP contribution in [0.1, 0.15) is 18.9 Å². The molecule has 0 aliphatic rings. The van der Waals surface area contributed by atoms with E-state index in [1.165, 1.54) is 6.07 Å². The molecule has 6 nitrogen and oxygen atoms in total. The molecule has 0 fully saturated rings. The second kappa shape index (κ2) is 4.28. The Balaban J connectivity index is 2.35. The average molecular weight is 220 g/mol. The zero-order valence-electron chi connectivity index (χ0n) is 9.02. The fourth-order valence-corrected chi connectivity index (χ4v) is 1.21. The maximum atomic E-state index is 11.1. The van der Waals surface area contributed by atoms with Crippen LogP contribution in [0.3, 0.4) is 0 Å². The summed E-state index contributed by atoms with van der Waals surface area (Å²) in [6, 6.07) is 4.76. The lowest BCUT2D eigenvalue weighted by molar-refractivity contribution is 0.440. The molecule has 0 aliphatic carbocycles. The predicted octanol–water partition coefficient (Wildman–Crippen LogP) is 0.705. The van der Waals surface area contributed by atoms with Gasteiger partial charge in [0.1, 0.15) is 5.69 Å². The van der Waals surface area contributed by atoms with Crippen molar-refractivity contribution in [2.75, 3.05) is 7.05 Å². The maximum Gasteiger partial charge on any atom is 0.264 e. The van der Waals surface area contributed by atoms with Crippen LogP contribution < -0.4 is 10.9 Å². The molecule has 2 rings (SSSR count). The van der Waals surface area contributed by atoms with Crippen molar-refractivity contribution < 1.29 is 4.42 Å². The third kappa shape index (κ3) is 2.01. The van der Waals surface area contributed by atoms with Crippen LogP contribution in [0, 0.1) is 0 Å².